The lowest BCUT2D eigenvalue weighted by atomic mass is 9.49. The van der Waals surface area contributed by atoms with Gasteiger partial charge in [0, 0.05) is 12.5 Å². The number of Topliss-reactive ketones (excluding diaryl/α,β-unsaturated/α-hetero) is 1. The van der Waals surface area contributed by atoms with Crippen LogP contribution in [0.1, 0.15) is 71.6 Å². The van der Waals surface area contributed by atoms with E-state index in [1.807, 2.05) is 0 Å². The van der Waals surface area contributed by atoms with Gasteiger partial charge in [-0.15, -0.1) is 5.10 Å². The molecule has 0 heterocycles. The number of rotatable bonds is 7. The molecular formula is C24H39B3N4O2. The highest BCUT2D eigenvalue weighted by atomic mass is 16.5. The molecule has 33 heavy (non-hydrogen) atoms. The van der Waals surface area contributed by atoms with Gasteiger partial charge < -0.3 is 10.5 Å². The summed E-state index contributed by atoms with van der Waals surface area (Å²) in [7, 11) is 16.8. The van der Waals surface area contributed by atoms with Gasteiger partial charge in [0.05, 0.1) is 23.5 Å². The van der Waals surface area contributed by atoms with Gasteiger partial charge in [-0.1, -0.05) is 6.92 Å². The Labute approximate surface area is 203 Å². The first-order valence-corrected chi connectivity index (χ1v) is 12.8. The number of fused-ring (bicyclic) bond motifs is 5. The molecule has 4 rings (SSSR count). The molecule has 0 aliphatic heterocycles. The molecule has 6 radical (unpaired) electrons. The summed E-state index contributed by atoms with van der Waals surface area (Å²) >= 11 is 0. The lowest BCUT2D eigenvalue weighted by Gasteiger charge is -2.56. The summed E-state index contributed by atoms with van der Waals surface area (Å²) in [4.78, 5) is 13.2. The molecule has 176 valence electrons. The van der Waals surface area contributed by atoms with Gasteiger partial charge >= 0.3 is 0 Å². The first-order chi connectivity index (χ1) is 15.5. The Hall–Kier alpha value is -0.945. The SMILES string of the molecule is [B]C([B])([B])OCC1CCC2C(CCC3C2CCC2(C)C(C(=O)CN(N)/N=C(/C)N)CCC32)C1. The predicted octanol–water partition coefficient (Wildman–Crippen LogP) is 2.04. The summed E-state index contributed by atoms with van der Waals surface area (Å²) in [6, 6.07) is 0. The fourth-order valence-electron chi connectivity index (χ4n) is 8.40. The Kier molecular flexibility index (Phi) is 7.32. The molecular weight excluding hydrogens is 409 g/mol. The van der Waals surface area contributed by atoms with Gasteiger partial charge in [0.25, 0.3) is 0 Å². The third-order valence-electron chi connectivity index (χ3n) is 9.62. The van der Waals surface area contributed by atoms with Crippen LogP contribution in [-0.4, -0.2) is 58.7 Å². The van der Waals surface area contributed by atoms with Gasteiger partial charge in [0.1, 0.15) is 12.4 Å². The molecule has 9 heteroatoms. The van der Waals surface area contributed by atoms with Crippen molar-refractivity contribution in [3.63, 3.8) is 0 Å². The van der Waals surface area contributed by atoms with Crippen molar-refractivity contribution in [1.82, 2.24) is 5.12 Å². The smallest absolute Gasteiger partial charge is 0.159 e. The normalized spacial score (nSPS) is 41.1. The monoisotopic (exact) mass is 448 g/mol. The minimum absolute atomic E-state index is 0.0810. The molecule has 4 aliphatic carbocycles. The fraction of sp³-hybridized carbons (Fsp3) is 0.917. The topological polar surface area (TPSA) is 93.9 Å². The molecule has 0 aromatic rings. The maximum absolute atomic E-state index is 13.2. The molecule has 0 amide bonds. The number of ether oxygens (including phenoxy) is 1. The van der Waals surface area contributed by atoms with Crippen LogP contribution in [0.4, 0.5) is 0 Å². The van der Waals surface area contributed by atoms with E-state index in [0.29, 0.717) is 24.3 Å². The van der Waals surface area contributed by atoms with E-state index in [1.54, 1.807) is 6.92 Å². The van der Waals surface area contributed by atoms with Crippen molar-refractivity contribution in [2.24, 2.45) is 63.5 Å². The highest BCUT2D eigenvalue weighted by Crippen LogP contribution is 2.64. The summed E-state index contributed by atoms with van der Waals surface area (Å²) in [6.45, 7) is 4.74. The number of carbonyl (C=O) groups excluding carboxylic acids is 1. The van der Waals surface area contributed by atoms with Crippen LogP contribution < -0.4 is 11.6 Å². The highest BCUT2D eigenvalue weighted by molar-refractivity contribution is 6.58. The fourth-order valence-corrected chi connectivity index (χ4v) is 8.40. The number of hydrogen-bond donors (Lipinski definition) is 2. The summed E-state index contributed by atoms with van der Waals surface area (Å²) in [6.07, 6.45) is 10.7. The number of hydrazone groups is 1. The Balaban J connectivity index is 1.38. The molecule has 6 nitrogen and oxygen atoms in total. The van der Waals surface area contributed by atoms with Crippen LogP contribution in [0.5, 0.6) is 0 Å². The molecule has 0 aromatic carbocycles. The van der Waals surface area contributed by atoms with Crippen molar-refractivity contribution in [3.8, 4) is 0 Å². The second-order valence-electron chi connectivity index (χ2n) is 11.8. The number of nitrogens with zero attached hydrogens (tertiary/aromatic N) is 2. The van der Waals surface area contributed by atoms with Gasteiger partial charge in [-0.25, -0.2) is 11.0 Å². The Morgan fingerprint density at radius 2 is 1.82 bits per heavy atom. The van der Waals surface area contributed by atoms with Crippen molar-refractivity contribution in [1.29, 1.82) is 0 Å². The number of amidine groups is 1. The van der Waals surface area contributed by atoms with Gasteiger partial charge in [-0.2, -0.15) is 0 Å². The number of hydrogen-bond acceptors (Lipinski definition) is 5. The molecule has 4 fully saturated rings. The van der Waals surface area contributed by atoms with Gasteiger partial charge in [-0.05, 0) is 111 Å². The van der Waals surface area contributed by atoms with Crippen molar-refractivity contribution in [2.75, 3.05) is 13.2 Å². The third-order valence-corrected chi connectivity index (χ3v) is 9.62. The Morgan fingerprint density at radius 3 is 2.52 bits per heavy atom. The molecule has 0 aromatic heterocycles. The van der Waals surface area contributed by atoms with Crippen molar-refractivity contribution in [2.45, 2.75) is 76.9 Å². The van der Waals surface area contributed by atoms with E-state index in [0.717, 1.165) is 49.4 Å². The number of hydrazine groups is 1. The van der Waals surface area contributed by atoms with Crippen molar-refractivity contribution < 1.29 is 9.53 Å². The Bertz CT molecular complexity index is 756. The zero-order valence-corrected chi connectivity index (χ0v) is 20.4. The summed E-state index contributed by atoms with van der Waals surface area (Å²) in [5, 5.41) is 3.69. The zero-order chi connectivity index (χ0) is 24.0. The molecule has 4 saturated carbocycles. The minimum atomic E-state index is -1.53. The first kappa shape index (κ1) is 25.2. The van der Waals surface area contributed by atoms with E-state index >= 15 is 0 Å². The number of ketones is 1. The standard InChI is InChI=1S/C24H39B3N4O2/c1-14(28)30-31(29)12-22(32)21-8-7-20-19-6-4-16-11-15(13-33-24(25,26)27)3-5-17(16)18(19)9-10-23(20,21)2/h15-21H,3-13,29H2,1-2H3,(H2,28,30). The van der Waals surface area contributed by atoms with Crippen molar-refractivity contribution in [3.05, 3.63) is 0 Å². The lowest BCUT2D eigenvalue weighted by molar-refractivity contribution is -0.131. The van der Waals surface area contributed by atoms with Crippen LogP contribution in [-0.2, 0) is 9.53 Å². The molecule has 8 unspecified atom stereocenters. The van der Waals surface area contributed by atoms with Crippen LogP contribution in [0.3, 0.4) is 0 Å². The Morgan fingerprint density at radius 1 is 1.09 bits per heavy atom. The molecule has 8 atom stereocenters. The highest BCUT2D eigenvalue weighted by Gasteiger charge is 2.58. The third kappa shape index (κ3) is 5.34. The van der Waals surface area contributed by atoms with Crippen LogP contribution in [0.15, 0.2) is 5.10 Å². The maximum atomic E-state index is 13.2. The van der Waals surface area contributed by atoms with Crippen LogP contribution in [0.25, 0.3) is 0 Å². The summed E-state index contributed by atoms with van der Waals surface area (Å²) < 4.78 is 5.48. The van der Waals surface area contributed by atoms with Crippen LogP contribution >= 0.6 is 0 Å². The van der Waals surface area contributed by atoms with E-state index in [2.05, 4.69) is 12.0 Å². The summed E-state index contributed by atoms with van der Waals surface area (Å²) in [5.41, 5.74) is 5.71. The lowest BCUT2D eigenvalue weighted by Crippen LogP contribution is -2.50. The average molecular weight is 448 g/mol. The second kappa shape index (κ2) is 9.60. The molecule has 0 saturated heterocycles. The van der Waals surface area contributed by atoms with Crippen LogP contribution in [0.2, 0.25) is 0 Å². The van der Waals surface area contributed by atoms with E-state index in [-0.39, 0.29) is 23.7 Å². The largest absolute Gasteiger partial charge is 0.403 e. The molecule has 4 N–H and O–H groups in total. The van der Waals surface area contributed by atoms with Gasteiger partial charge in [0.15, 0.2) is 5.78 Å². The van der Waals surface area contributed by atoms with E-state index in [4.69, 9.17) is 39.9 Å². The second-order valence-corrected chi connectivity index (χ2v) is 11.8. The average Bonchev–Trinajstić information content (AvgIpc) is 3.08. The maximum Gasteiger partial charge on any atom is 0.159 e. The quantitative estimate of drug-likeness (QED) is 0.205. The number of nitrogens with two attached hydrogens (primary N) is 2. The zero-order valence-electron chi connectivity index (χ0n) is 20.4. The number of carbonyl (C=O) groups is 1. The molecule has 4 aliphatic rings. The molecule has 0 bridgehead atoms. The first-order valence-electron chi connectivity index (χ1n) is 12.8. The van der Waals surface area contributed by atoms with Gasteiger partial charge in [-0.3, -0.25) is 4.79 Å². The van der Waals surface area contributed by atoms with Crippen molar-refractivity contribution >= 4 is 35.2 Å². The minimum Gasteiger partial charge on any atom is -0.403 e. The van der Waals surface area contributed by atoms with E-state index in [9.17, 15) is 4.79 Å². The van der Waals surface area contributed by atoms with E-state index < -0.39 is 5.30 Å². The van der Waals surface area contributed by atoms with Crippen LogP contribution in [0, 0.1) is 46.8 Å². The molecule has 0 spiro atoms. The van der Waals surface area contributed by atoms with E-state index in [1.165, 1.54) is 37.2 Å². The van der Waals surface area contributed by atoms with Gasteiger partial charge in [0.2, 0.25) is 0 Å². The predicted molar refractivity (Wildman–Crippen MR) is 133 cm³/mol. The summed E-state index contributed by atoms with van der Waals surface area (Å²) in [5.74, 6) is 10.8.